The lowest BCUT2D eigenvalue weighted by Gasteiger charge is -2.13. The van der Waals surface area contributed by atoms with E-state index in [1.807, 2.05) is 36.8 Å². The van der Waals surface area contributed by atoms with E-state index in [4.69, 9.17) is 22.1 Å². The van der Waals surface area contributed by atoms with Gasteiger partial charge in [0.1, 0.15) is 30.9 Å². The standard InChI is InChI=1S/C30H34ClN5O2/c1-6-9-16-27-22(20-33-21(4)34-26-15-11-17-35(5)29(26)31)18-28(38-25(8-3)12-7-2)30(37)36(27)24-14-10-13-23(32)19-24/h7-8,10,12-16,18-20H,2-3,6,9,11,17,32H2,1,4-5H3/p+1/b25-12+,27-16-. The fraction of sp³-hybridized carbons (Fsp3) is 0.233. The highest BCUT2D eigenvalue weighted by molar-refractivity contribution is 6.68. The van der Waals surface area contributed by atoms with Gasteiger partial charge < -0.3 is 15.8 Å². The van der Waals surface area contributed by atoms with Gasteiger partial charge >= 0.3 is 0 Å². The predicted molar refractivity (Wildman–Crippen MR) is 160 cm³/mol. The Balaban J connectivity index is 2.26. The summed E-state index contributed by atoms with van der Waals surface area (Å²) in [5, 5.41) is 5.31. The highest BCUT2D eigenvalue weighted by atomic mass is 35.5. The summed E-state index contributed by atoms with van der Waals surface area (Å²) < 4.78 is 9.54. The van der Waals surface area contributed by atoms with Crippen LogP contribution >= 0.6 is 11.6 Å². The molecule has 0 fully saturated rings. The summed E-state index contributed by atoms with van der Waals surface area (Å²) in [5.74, 6) is 1.16. The zero-order valence-corrected chi connectivity index (χ0v) is 23.0. The van der Waals surface area contributed by atoms with Crippen molar-refractivity contribution in [2.75, 3.05) is 19.3 Å². The summed E-state index contributed by atoms with van der Waals surface area (Å²) in [6.07, 6.45) is 13.1. The molecule has 2 heterocycles. The first kappa shape index (κ1) is 28.5. The average molecular weight is 533 g/mol. The van der Waals surface area contributed by atoms with E-state index in [0.29, 0.717) is 38.7 Å². The quantitative estimate of drug-likeness (QED) is 0.128. The molecule has 0 bridgehead atoms. The number of nitrogen functional groups attached to an aromatic ring is 1. The Kier molecular flexibility index (Phi) is 10.1. The maximum Gasteiger partial charge on any atom is 0.298 e. The van der Waals surface area contributed by atoms with E-state index in [2.05, 4.69) is 36.5 Å². The van der Waals surface area contributed by atoms with Crippen LogP contribution in [-0.4, -0.2) is 33.7 Å². The summed E-state index contributed by atoms with van der Waals surface area (Å²) >= 11 is 6.46. The van der Waals surface area contributed by atoms with Crippen molar-refractivity contribution in [2.45, 2.75) is 33.1 Å². The van der Waals surface area contributed by atoms with Crippen LogP contribution in [0.15, 0.2) is 89.0 Å². The molecule has 1 aliphatic rings. The maximum atomic E-state index is 13.7. The SMILES string of the molecule is C=C/C=C(\C=C)Oc1cc(=C/N=C(C)NC2=CCC[N+](C)=C2Cl)/c(=C/CCC)n(-c2cccc(N)c2)c1=O. The van der Waals surface area contributed by atoms with Gasteiger partial charge in [-0.1, -0.05) is 44.7 Å². The van der Waals surface area contributed by atoms with E-state index < -0.39 is 0 Å². The third kappa shape index (κ3) is 7.01. The molecular weight excluding hydrogens is 498 g/mol. The van der Waals surface area contributed by atoms with Crippen LogP contribution < -0.4 is 31.9 Å². The van der Waals surface area contributed by atoms with Crippen molar-refractivity contribution in [3.05, 3.63) is 100 Å². The number of nitrogens with one attached hydrogen (secondary N) is 1. The molecule has 1 aromatic carbocycles. The minimum atomic E-state index is -0.331. The number of rotatable bonds is 9. The maximum absolute atomic E-state index is 13.7. The Bertz CT molecular complexity index is 1530. The monoisotopic (exact) mass is 532 g/mol. The second-order valence-electron chi connectivity index (χ2n) is 8.78. The number of aliphatic imine (C=N–C) groups is 1. The van der Waals surface area contributed by atoms with Crippen LogP contribution in [0.5, 0.6) is 5.75 Å². The van der Waals surface area contributed by atoms with Crippen LogP contribution in [0, 0.1) is 0 Å². The molecule has 0 saturated heterocycles. The van der Waals surface area contributed by atoms with Gasteiger partial charge in [0.15, 0.2) is 5.75 Å². The number of amidine groups is 1. The molecule has 3 N–H and O–H groups in total. The van der Waals surface area contributed by atoms with Gasteiger partial charge in [-0.05, 0) is 67.4 Å². The first-order valence-corrected chi connectivity index (χ1v) is 12.9. The fourth-order valence-corrected chi connectivity index (χ4v) is 4.09. The van der Waals surface area contributed by atoms with Crippen LogP contribution in [-0.2, 0) is 0 Å². The largest absolute Gasteiger partial charge is 0.452 e. The number of aromatic nitrogens is 1. The van der Waals surface area contributed by atoms with Gasteiger partial charge in [-0.25, -0.2) is 9.57 Å². The predicted octanol–water partition coefficient (Wildman–Crippen LogP) is 3.95. The summed E-state index contributed by atoms with van der Waals surface area (Å²) in [7, 11) is 1.95. The van der Waals surface area contributed by atoms with E-state index >= 15 is 0 Å². The molecule has 0 radical (unpaired) electrons. The van der Waals surface area contributed by atoms with Crippen molar-refractivity contribution in [3.63, 3.8) is 0 Å². The normalized spacial score (nSPS) is 15.4. The molecule has 1 aromatic heterocycles. The second kappa shape index (κ2) is 13.4. The zero-order chi connectivity index (χ0) is 27.7. The number of halogens is 1. The summed E-state index contributed by atoms with van der Waals surface area (Å²) in [6.45, 7) is 12.3. The van der Waals surface area contributed by atoms with Crippen molar-refractivity contribution in [2.24, 2.45) is 4.99 Å². The lowest BCUT2D eigenvalue weighted by molar-refractivity contribution is -0.495. The van der Waals surface area contributed by atoms with Crippen molar-refractivity contribution in [1.29, 1.82) is 0 Å². The molecule has 0 spiro atoms. The smallest absolute Gasteiger partial charge is 0.298 e. The molecule has 7 nitrogen and oxygen atoms in total. The molecule has 0 atom stereocenters. The van der Waals surface area contributed by atoms with Gasteiger partial charge in [-0.3, -0.25) is 9.36 Å². The number of benzene rings is 1. The number of nitrogens with zero attached hydrogens (tertiary/aromatic N) is 3. The summed E-state index contributed by atoms with van der Waals surface area (Å²) in [4.78, 5) is 18.4. The molecule has 198 valence electrons. The van der Waals surface area contributed by atoms with Gasteiger partial charge in [-0.15, -0.1) is 0 Å². The van der Waals surface area contributed by atoms with Crippen LogP contribution in [0.4, 0.5) is 5.69 Å². The van der Waals surface area contributed by atoms with Gasteiger partial charge in [0, 0.05) is 23.5 Å². The molecule has 0 saturated carbocycles. The minimum absolute atomic E-state index is 0.120. The van der Waals surface area contributed by atoms with E-state index in [1.165, 1.54) is 6.08 Å². The number of hydrogen-bond donors (Lipinski definition) is 2. The van der Waals surface area contributed by atoms with Crippen molar-refractivity contribution < 1.29 is 9.31 Å². The fourth-order valence-electron chi connectivity index (χ4n) is 3.89. The van der Waals surface area contributed by atoms with Crippen LogP contribution in [0.3, 0.4) is 0 Å². The molecule has 0 aliphatic carbocycles. The van der Waals surface area contributed by atoms with E-state index in [-0.39, 0.29) is 11.3 Å². The molecule has 2 aromatic rings. The molecule has 0 amide bonds. The summed E-state index contributed by atoms with van der Waals surface area (Å²) in [5.41, 5.74) is 7.72. The van der Waals surface area contributed by atoms with E-state index in [0.717, 1.165) is 31.5 Å². The number of pyridine rings is 1. The Hall–Kier alpha value is -4.10. The molecule has 38 heavy (non-hydrogen) atoms. The molecule has 8 heteroatoms. The number of unbranched alkanes of at least 4 members (excludes halogenated alkanes) is 1. The number of ether oxygens (including phenoxy) is 1. The van der Waals surface area contributed by atoms with Crippen LogP contribution in [0.1, 0.15) is 33.1 Å². The average Bonchev–Trinajstić information content (AvgIpc) is 2.90. The molecular formula is C30H35ClN5O2+. The first-order chi connectivity index (χ1) is 18.3. The molecule has 0 unspecified atom stereocenters. The van der Waals surface area contributed by atoms with Crippen molar-refractivity contribution >= 4 is 40.6 Å². The Morgan fingerprint density at radius 2 is 2.13 bits per heavy atom. The third-order valence-electron chi connectivity index (χ3n) is 5.79. The summed E-state index contributed by atoms with van der Waals surface area (Å²) in [6, 6.07) is 8.87. The van der Waals surface area contributed by atoms with Gasteiger partial charge in [0.2, 0.25) is 0 Å². The lowest BCUT2D eigenvalue weighted by Crippen LogP contribution is -2.42. The van der Waals surface area contributed by atoms with Gasteiger partial charge in [-0.2, -0.15) is 0 Å². The number of nitrogens with two attached hydrogens (primary N) is 1. The first-order valence-electron chi connectivity index (χ1n) is 12.5. The lowest BCUT2D eigenvalue weighted by atomic mass is 10.2. The van der Waals surface area contributed by atoms with Crippen molar-refractivity contribution in [3.8, 4) is 11.4 Å². The third-order valence-corrected chi connectivity index (χ3v) is 6.28. The van der Waals surface area contributed by atoms with Gasteiger partial charge in [0.25, 0.3) is 10.7 Å². The minimum Gasteiger partial charge on any atom is -0.452 e. The van der Waals surface area contributed by atoms with Crippen LogP contribution in [0.2, 0.25) is 0 Å². The Morgan fingerprint density at radius 3 is 2.82 bits per heavy atom. The second-order valence-corrected chi connectivity index (χ2v) is 9.13. The van der Waals surface area contributed by atoms with Crippen LogP contribution in [0.25, 0.3) is 18.0 Å². The zero-order valence-electron chi connectivity index (χ0n) is 22.2. The Morgan fingerprint density at radius 1 is 1.34 bits per heavy atom. The highest BCUT2D eigenvalue weighted by Gasteiger charge is 2.18. The number of anilines is 1. The molecule has 3 rings (SSSR count). The number of allylic oxidation sites excluding steroid dienone is 4. The molecule has 1 aliphatic heterocycles. The van der Waals surface area contributed by atoms with E-state index in [9.17, 15) is 4.79 Å². The highest BCUT2D eigenvalue weighted by Crippen LogP contribution is 2.12. The van der Waals surface area contributed by atoms with E-state index in [1.54, 1.807) is 41.1 Å². The van der Waals surface area contributed by atoms with Gasteiger partial charge in [0.05, 0.1) is 11.0 Å². The topological polar surface area (TPSA) is 84.7 Å². The van der Waals surface area contributed by atoms with Crippen molar-refractivity contribution in [1.82, 2.24) is 9.88 Å². The number of hydrogen-bond acceptors (Lipinski definition) is 4. The Labute approximate surface area is 228 Å².